The number of methoxy groups -OCH3 is 3. The summed E-state index contributed by atoms with van der Waals surface area (Å²) >= 11 is 0. The number of benzene rings is 1. The molecule has 0 bridgehead atoms. The first kappa shape index (κ1) is 22.9. The van der Waals surface area contributed by atoms with Gasteiger partial charge < -0.3 is 19.5 Å². The van der Waals surface area contributed by atoms with Crippen molar-refractivity contribution in [2.24, 2.45) is 5.92 Å². The molecule has 0 saturated heterocycles. The van der Waals surface area contributed by atoms with E-state index in [1.165, 1.54) is 0 Å². The molecule has 1 N–H and O–H groups in total. The molecule has 0 heterocycles. The maximum atomic E-state index is 12.8. The fraction of sp³-hybridized carbons (Fsp3) is 0.412. The molecule has 0 spiro atoms. The molecule has 1 rings (SSSR count). The first-order chi connectivity index (χ1) is 13.0. The molecule has 0 fully saturated rings. The van der Waals surface area contributed by atoms with Crippen molar-refractivity contribution in [3.05, 3.63) is 35.4 Å². The van der Waals surface area contributed by atoms with Crippen molar-refractivity contribution in [2.75, 3.05) is 21.3 Å². The fourth-order valence-corrected chi connectivity index (χ4v) is 2.26. The van der Waals surface area contributed by atoms with Gasteiger partial charge in [-0.25, -0.2) is 4.79 Å². The Labute approximate surface area is 157 Å². The van der Waals surface area contributed by atoms with Gasteiger partial charge in [-0.15, -0.1) is 0 Å². The molecule has 2 atom stereocenters. The second-order valence-electron chi connectivity index (χ2n) is 5.46. The van der Waals surface area contributed by atoms with Crippen molar-refractivity contribution < 1.29 is 46.6 Å². The molecule has 8 nitrogen and oxygen atoms in total. The minimum absolute atomic E-state index is 0.412. The molecule has 0 radical (unpaired) electrons. The molecular weight excluding hydrogens is 387 g/mol. The number of carbonyl (C=O) groups excluding carboxylic acids is 4. The van der Waals surface area contributed by atoms with Gasteiger partial charge in [0, 0.05) is 5.56 Å². The van der Waals surface area contributed by atoms with Gasteiger partial charge >= 0.3 is 24.1 Å². The van der Waals surface area contributed by atoms with E-state index in [2.05, 4.69) is 19.5 Å². The number of alkyl halides is 3. The average molecular weight is 405 g/mol. The van der Waals surface area contributed by atoms with Crippen LogP contribution in [0.3, 0.4) is 0 Å². The van der Waals surface area contributed by atoms with Crippen molar-refractivity contribution in [1.29, 1.82) is 0 Å². The third kappa shape index (κ3) is 5.96. The summed E-state index contributed by atoms with van der Waals surface area (Å²) in [6, 6.07) is 1.75. The number of carbonyl (C=O) groups is 4. The second-order valence-corrected chi connectivity index (χ2v) is 5.46. The molecule has 28 heavy (non-hydrogen) atoms. The summed E-state index contributed by atoms with van der Waals surface area (Å²) in [4.78, 5) is 48.0. The van der Waals surface area contributed by atoms with Crippen molar-refractivity contribution in [1.82, 2.24) is 5.32 Å². The van der Waals surface area contributed by atoms with Crippen LogP contribution in [0.5, 0.6) is 0 Å². The third-order valence-electron chi connectivity index (χ3n) is 3.71. The van der Waals surface area contributed by atoms with Crippen molar-refractivity contribution in [2.45, 2.75) is 18.6 Å². The van der Waals surface area contributed by atoms with Crippen LogP contribution in [0.1, 0.15) is 22.3 Å². The van der Waals surface area contributed by atoms with Gasteiger partial charge in [0.05, 0.1) is 39.2 Å². The molecule has 0 aliphatic heterocycles. The number of hydrogen-bond acceptors (Lipinski definition) is 7. The Kier molecular flexibility index (Phi) is 7.96. The number of esters is 3. The van der Waals surface area contributed by atoms with Crippen LogP contribution in [0.25, 0.3) is 0 Å². The van der Waals surface area contributed by atoms with E-state index in [4.69, 9.17) is 0 Å². The standard InChI is InChI=1S/C17H18F3NO7/c1-26-12(22)8-11(15(24)27-2)13(16(25)28-3)21-14(23)9-5-4-6-10(7-9)17(18,19)20/h4-7,11,13H,8H2,1-3H3,(H,21,23)/t11-,13+/m1/s1. The lowest BCUT2D eigenvalue weighted by Crippen LogP contribution is -2.50. The number of ether oxygens (including phenoxy) is 3. The van der Waals surface area contributed by atoms with Gasteiger partial charge in [-0.3, -0.25) is 14.4 Å². The lowest BCUT2D eigenvalue weighted by Gasteiger charge is -2.23. The maximum Gasteiger partial charge on any atom is 0.416 e. The van der Waals surface area contributed by atoms with Gasteiger partial charge in [-0.1, -0.05) is 6.07 Å². The summed E-state index contributed by atoms with van der Waals surface area (Å²) in [6.45, 7) is 0. The van der Waals surface area contributed by atoms with E-state index >= 15 is 0 Å². The van der Waals surface area contributed by atoms with Crippen LogP contribution in [0, 0.1) is 5.92 Å². The van der Waals surface area contributed by atoms with Crippen LogP contribution >= 0.6 is 0 Å². The first-order valence-electron chi connectivity index (χ1n) is 7.75. The van der Waals surface area contributed by atoms with E-state index in [0.717, 1.165) is 39.5 Å². The van der Waals surface area contributed by atoms with Crippen LogP contribution in [-0.2, 0) is 34.8 Å². The van der Waals surface area contributed by atoms with Crippen molar-refractivity contribution in [3.63, 3.8) is 0 Å². The Morgan fingerprint density at radius 2 is 1.61 bits per heavy atom. The first-order valence-corrected chi connectivity index (χ1v) is 7.75. The summed E-state index contributed by atoms with van der Waals surface area (Å²) in [5.41, 5.74) is -1.49. The highest BCUT2D eigenvalue weighted by atomic mass is 19.4. The smallest absolute Gasteiger partial charge is 0.416 e. The minimum Gasteiger partial charge on any atom is -0.469 e. The SMILES string of the molecule is COC(=O)C[C@@H](C(=O)OC)[C@H](NC(=O)c1cccc(C(F)(F)F)c1)C(=O)OC. The number of hydrogen-bond donors (Lipinski definition) is 1. The summed E-state index contributed by atoms with van der Waals surface area (Å²) in [5.74, 6) is -5.60. The molecule has 0 aliphatic carbocycles. The van der Waals surface area contributed by atoms with Crippen LogP contribution < -0.4 is 5.32 Å². The lowest BCUT2D eigenvalue weighted by molar-refractivity contribution is -0.158. The van der Waals surface area contributed by atoms with Gasteiger partial charge in [0.25, 0.3) is 5.91 Å². The van der Waals surface area contributed by atoms with E-state index in [0.29, 0.717) is 6.07 Å². The van der Waals surface area contributed by atoms with E-state index < -0.39 is 59.5 Å². The van der Waals surface area contributed by atoms with Crippen LogP contribution in [-0.4, -0.2) is 51.2 Å². The van der Waals surface area contributed by atoms with Crippen molar-refractivity contribution in [3.8, 4) is 0 Å². The van der Waals surface area contributed by atoms with Gasteiger partial charge in [0.2, 0.25) is 0 Å². The number of rotatable bonds is 7. The number of halogens is 3. The monoisotopic (exact) mass is 405 g/mol. The molecule has 1 aromatic carbocycles. The van der Waals surface area contributed by atoms with E-state index in [-0.39, 0.29) is 0 Å². The van der Waals surface area contributed by atoms with E-state index in [1.54, 1.807) is 0 Å². The van der Waals surface area contributed by atoms with E-state index in [1.807, 2.05) is 0 Å². The molecule has 11 heteroatoms. The molecule has 1 amide bonds. The Bertz CT molecular complexity index is 749. The highest BCUT2D eigenvalue weighted by Gasteiger charge is 2.39. The highest BCUT2D eigenvalue weighted by molar-refractivity contribution is 5.98. The Morgan fingerprint density at radius 3 is 2.11 bits per heavy atom. The molecule has 0 aromatic heterocycles. The summed E-state index contributed by atoms with van der Waals surface area (Å²) < 4.78 is 52.0. The van der Waals surface area contributed by atoms with Gasteiger partial charge in [-0.2, -0.15) is 13.2 Å². The Hall–Kier alpha value is -3.11. The number of nitrogens with one attached hydrogen (secondary N) is 1. The normalized spacial score (nSPS) is 13.1. The fourth-order valence-electron chi connectivity index (χ4n) is 2.26. The molecule has 1 aromatic rings. The molecule has 154 valence electrons. The molecular formula is C17H18F3NO7. The van der Waals surface area contributed by atoms with Gasteiger partial charge in [0.15, 0.2) is 0 Å². The Morgan fingerprint density at radius 1 is 1.00 bits per heavy atom. The van der Waals surface area contributed by atoms with Gasteiger partial charge in [0.1, 0.15) is 6.04 Å². The highest BCUT2D eigenvalue weighted by Crippen LogP contribution is 2.29. The average Bonchev–Trinajstić information content (AvgIpc) is 2.68. The zero-order valence-corrected chi connectivity index (χ0v) is 15.2. The zero-order valence-electron chi connectivity index (χ0n) is 15.2. The van der Waals surface area contributed by atoms with Crippen molar-refractivity contribution >= 4 is 23.8 Å². The molecule has 0 aliphatic rings. The van der Waals surface area contributed by atoms with Crippen LogP contribution in [0.2, 0.25) is 0 Å². The topological polar surface area (TPSA) is 108 Å². The maximum absolute atomic E-state index is 12.8. The summed E-state index contributed by atoms with van der Waals surface area (Å²) in [7, 11) is 3.01. The minimum atomic E-state index is -4.68. The summed E-state index contributed by atoms with van der Waals surface area (Å²) in [5, 5.41) is 2.12. The number of amides is 1. The predicted molar refractivity (Wildman–Crippen MR) is 86.9 cm³/mol. The third-order valence-corrected chi connectivity index (χ3v) is 3.71. The molecule has 0 unspecified atom stereocenters. The van der Waals surface area contributed by atoms with Crippen LogP contribution in [0.4, 0.5) is 13.2 Å². The summed E-state index contributed by atoms with van der Waals surface area (Å²) in [6.07, 6.45) is -5.32. The van der Waals surface area contributed by atoms with Gasteiger partial charge in [-0.05, 0) is 18.2 Å². The second kappa shape index (κ2) is 9.72. The lowest BCUT2D eigenvalue weighted by atomic mass is 9.95. The quantitative estimate of drug-likeness (QED) is 0.539. The zero-order chi connectivity index (χ0) is 21.5. The Balaban J connectivity index is 3.20. The largest absolute Gasteiger partial charge is 0.469 e. The molecule has 0 saturated carbocycles. The predicted octanol–water partition coefficient (Wildman–Crippen LogP) is 1.33. The van der Waals surface area contributed by atoms with Crippen LogP contribution in [0.15, 0.2) is 24.3 Å². The van der Waals surface area contributed by atoms with E-state index in [9.17, 15) is 32.3 Å².